The van der Waals surface area contributed by atoms with Crippen LogP contribution in [0.2, 0.25) is 0 Å². The van der Waals surface area contributed by atoms with Crippen molar-refractivity contribution in [3.63, 3.8) is 0 Å². The fourth-order valence-electron chi connectivity index (χ4n) is 4.88. The van der Waals surface area contributed by atoms with Gasteiger partial charge in [0.1, 0.15) is 12.1 Å². The highest BCUT2D eigenvalue weighted by atomic mass is 32.2. The molecule has 13 heteroatoms. The molecule has 9 nitrogen and oxygen atoms in total. The van der Waals surface area contributed by atoms with Crippen molar-refractivity contribution < 1.29 is 27.5 Å². The van der Waals surface area contributed by atoms with Gasteiger partial charge in [0.25, 0.3) is 5.91 Å². The number of aromatic amines is 1. The maximum absolute atomic E-state index is 13.0. The van der Waals surface area contributed by atoms with Gasteiger partial charge in [0, 0.05) is 55.8 Å². The van der Waals surface area contributed by atoms with Gasteiger partial charge in [-0.3, -0.25) is 14.8 Å². The van der Waals surface area contributed by atoms with Crippen molar-refractivity contribution >= 4 is 34.8 Å². The summed E-state index contributed by atoms with van der Waals surface area (Å²) >= 11 is -0.176. The third-order valence-corrected chi connectivity index (χ3v) is 7.67. The number of carbonyl (C=O) groups excluding carboxylic acids is 2. The van der Waals surface area contributed by atoms with Crippen LogP contribution in [-0.2, 0) is 11.3 Å². The Morgan fingerprint density at radius 2 is 1.68 bits per heavy atom. The van der Waals surface area contributed by atoms with E-state index in [1.807, 2.05) is 11.0 Å². The summed E-state index contributed by atoms with van der Waals surface area (Å²) in [6.45, 7) is 3.87. The summed E-state index contributed by atoms with van der Waals surface area (Å²) in [5.74, 6) is -0.00494. The molecule has 38 heavy (non-hydrogen) atoms. The summed E-state index contributed by atoms with van der Waals surface area (Å²) < 4.78 is 42.8. The Balaban J connectivity index is 1.04. The Bertz CT molecular complexity index is 1270. The zero-order valence-corrected chi connectivity index (χ0v) is 21.3. The molecule has 1 N–H and O–H groups in total. The number of H-pyrrole nitrogens is 1. The number of benzene rings is 2. The number of hydrogen-bond acceptors (Lipinski definition) is 7. The molecular weight excluding hydrogens is 521 g/mol. The molecule has 2 aliphatic heterocycles. The summed E-state index contributed by atoms with van der Waals surface area (Å²) in [5.41, 5.74) is -1.64. The Morgan fingerprint density at radius 3 is 2.37 bits per heavy atom. The van der Waals surface area contributed by atoms with Crippen LogP contribution in [0.4, 0.5) is 18.0 Å². The minimum Gasteiger partial charge on any atom is -0.445 e. The molecule has 3 aromatic rings. The number of halogens is 3. The highest BCUT2D eigenvalue weighted by molar-refractivity contribution is 8.00. The molecule has 1 aromatic heterocycles. The molecule has 0 radical (unpaired) electrons. The monoisotopic (exact) mass is 548 g/mol. The highest BCUT2D eigenvalue weighted by Crippen LogP contribution is 2.36. The summed E-state index contributed by atoms with van der Waals surface area (Å²) in [6, 6.07) is 11.5. The molecule has 202 valence electrons. The molecule has 0 aliphatic carbocycles. The number of alkyl halides is 3. The quantitative estimate of drug-likeness (QED) is 0.479. The first-order valence-corrected chi connectivity index (χ1v) is 13.2. The second-order valence-electron chi connectivity index (χ2n) is 9.34. The van der Waals surface area contributed by atoms with Gasteiger partial charge in [-0.15, -0.1) is 5.10 Å². The number of nitrogens with one attached hydrogen (secondary N) is 1. The number of carbonyl (C=O) groups is 2. The van der Waals surface area contributed by atoms with Crippen molar-refractivity contribution in [3.8, 4) is 0 Å². The molecule has 0 saturated carbocycles. The summed E-state index contributed by atoms with van der Waals surface area (Å²) in [5, 5.41) is 10.5. The fourth-order valence-corrected chi connectivity index (χ4v) is 5.42. The van der Waals surface area contributed by atoms with Crippen LogP contribution in [0.5, 0.6) is 0 Å². The number of nitrogens with zero attached hydrogens (tertiary/aromatic N) is 5. The smallest absolute Gasteiger partial charge is 0.445 e. The standard InChI is InChI=1S/C25H27F3N6O3S/c26-25(27,28)38-20-4-1-17(2-5-20)16-37-24(36)34-13-11-32(12-14-34)19-7-9-33(10-8-19)23(35)18-3-6-21-22(15-18)30-31-29-21/h1-6,15,19H,7-14,16H2,(H,29,30,31). The lowest BCUT2D eigenvalue weighted by Gasteiger charge is -2.42. The van der Waals surface area contributed by atoms with Crippen LogP contribution < -0.4 is 0 Å². The van der Waals surface area contributed by atoms with E-state index in [0.29, 0.717) is 48.9 Å². The number of piperidine rings is 1. The van der Waals surface area contributed by atoms with Crippen LogP contribution in [0.3, 0.4) is 0 Å². The number of aromatic nitrogens is 3. The maximum Gasteiger partial charge on any atom is 0.446 e. The van der Waals surface area contributed by atoms with Gasteiger partial charge in [0.15, 0.2) is 0 Å². The molecular formula is C25H27F3N6O3S. The molecule has 2 aliphatic rings. The second-order valence-corrected chi connectivity index (χ2v) is 10.5. The Morgan fingerprint density at radius 1 is 0.974 bits per heavy atom. The number of hydrogen-bond donors (Lipinski definition) is 1. The van der Waals surface area contributed by atoms with Crippen LogP contribution in [0.1, 0.15) is 28.8 Å². The van der Waals surface area contributed by atoms with E-state index in [0.717, 1.165) is 31.4 Å². The predicted octanol–water partition coefficient (Wildman–Crippen LogP) is 4.13. The minimum absolute atomic E-state index is 0.00494. The van der Waals surface area contributed by atoms with Gasteiger partial charge in [0.05, 0.1) is 5.52 Å². The zero-order valence-electron chi connectivity index (χ0n) is 20.5. The van der Waals surface area contributed by atoms with Gasteiger partial charge >= 0.3 is 11.6 Å². The van der Waals surface area contributed by atoms with Crippen LogP contribution in [-0.4, -0.2) is 92.9 Å². The van der Waals surface area contributed by atoms with Gasteiger partial charge in [-0.2, -0.15) is 13.2 Å². The summed E-state index contributed by atoms with van der Waals surface area (Å²) in [7, 11) is 0. The normalized spacial score (nSPS) is 17.7. The first kappa shape index (κ1) is 26.3. The van der Waals surface area contributed by atoms with Crippen LogP contribution >= 0.6 is 11.8 Å². The van der Waals surface area contributed by atoms with Gasteiger partial charge in [0.2, 0.25) is 0 Å². The van der Waals surface area contributed by atoms with Crippen molar-refractivity contribution in [1.29, 1.82) is 0 Å². The number of fused-ring (bicyclic) bond motifs is 1. The van der Waals surface area contributed by atoms with E-state index in [1.165, 1.54) is 24.3 Å². The van der Waals surface area contributed by atoms with Crippen molar-refractivity contribution in [1.82, 2.24) is 30.1 Å². The predicted molar refractivity (Wildman–Crippen MR) is 134 cm³/mol. The molecule has 3 heterocycles. The lowest BCUT2D eigenvalue weighted by molar-refractivity contribution is -0.0328. The van der Waals surface area contributed by atoms with E-state index in [4.69, 9.17) is 4.74 Å². The van der Waals surface area contributed by atoms with E-state index >= 15 is 0 Å². The molecule has 0 atom stereocenters. The maximum atomic E-state index is 13.0. The van der Waals surface area contributed by atoms with E-state index in [1.54, 1.807) is 17.0 Å². The molecule has 2 amide bonds. The topological polar surface area (TPSA) is 94.7 Å². The zero-order chi connectivity index (χ0) is 26.7. The number of likely N-dealkylation sites (tertiary alicyclic amines) is 1. The highest BCUT2D eigenvalue weighted by Gasteiger charge is 2.31. The fraction of sp³-hybridized carbons (Fsp3) is 0.440. The number of amides is 2. The molecule has 0 spiro atoms. The SMILES string of the molecule is O=C(OCc1ccc(SC(F)(F)F)cc1)N1CCN(C2CCN(C(=O)c3ccc4[nH]nnc4c3)CC2)CC1. The van der Waals surface area contributed by atoms with Gasteiger partial charge in [-0.25, -0.2) is 4.79 Å². The molecule has 2 aromatic carbocycles. The molecule has 5 rings (SSSR count). The van der Waals surface area contributed by atoms with Crippen molar-refractivity contribution in [2.24, 2.45) is 0 Å². The van der Waals surface area contributed by atoms with Crippen LogP contribution in [0.15, 0.2) is 47.4 Å². The first-order chi connectivity index (χ1) is 18.2. The first-order valence-electron chi connectivity index (χ1n) is 12.4. The van der Waals surface area contributed by atoms with Gasteiger partial charge in [-0.1, -0.05) is 17.3 Å². The number of ether oxygens (including phenoxy) is 1. The van der Waals surface area contributed by atoms with E-state index < -0.39 is 11.6 Å². The molecule has 2 saturated heterocycles. The largest absolute Gasteiger partial charge is 0.446 e. The van der Waals surface area contributed by atoms with E-state index in [2.05, 4.69) is 20.3 Å². The minimum atomic E-state index is -4.33. The van der Waals surface area contributed by atoms with E-state index in [9.17, 15) is 22.8 Å². The van der Waals surface area contributed by atoms with E-state index in [-0.39, 0.29) is 29.2 Å². The molecule has 2 fully saturated rings. The Labute approximate surface area is 221 Å². The van der Waals surface area contributed by atoms with Crippen molar-refractivity contribution in [2.75, 3.05) is 39.3 Å². The average molecular weight is 549 g/mol. The summed E-state index contributed by atoms with van der Waals surface area (Å²) in [4.78, 5) is 31.4. The summed E-state index contributed by atoms with van der Waals surface area (Å²) in [6.07, 6.45) is 1.30. The van der Waals surface area contributed by atoms with Gasteiger partial charge in [-0.05, 0) is 60.5 Å². The van der Waals surface area contributed by atoms with Gasteiger partial charge < -0.3 is 14.5 Å². The Kier molecular flexibility index (Phi) is 7.75. The molecule has 0 bridgehead atoms. The average Bonchev–Trinajstić information content (AvgIpc) is 3.39. The van der Waals surface area contributed by atoms with Crippen LogP contribution in [0.25, 0.3) is 11.0 Å². The van der Waals surface area contributed by atoms with Crippen LogP contribution in [0, 0.1) is 0 Å². The number of thioether (sulfide) groups is 1. The van der Waals surface area contributed by atoms with Crippen molar-refractivity contribution in [2.45, 2.75) is 35.9 Å². The third-order valence-electron chi connectivity index (χ3n) is 6.93. The molecule has 0 unspecified atom stereocenters. The second kappa shape index (κ2) is 11.2. The Hall–Kier alpha value is -3.32. The lowest BCUT2D eigenvalue weighted by Crippen LogP contribution is -2.54. The lowest BCUT2D eigenvalue weighted by atomic mass is 10.0. The number of piperazine rings is 1. The third kappa shape index (κ3) is 6.38. The number of rotatable bonds is 5. The van der Waals surface area contributed by atoms with Crippen molar-refractivity contribution in [3.05, 3.63) is 53.6 Å².